The molecule has 122 valence electrons. The van der Waals surface area contributed by atoms with Gasteiger partial charge in [-0.25, -0.2) is 4.98 Å². The number of carbonyl (C=O) groups is 1. The van der Waals surface area contributed by atoms with E-state index in [1.807, 2.05) is 24.2 Å². The zero-order chi connectivity index (χ0) is 16.2. The molecule has 3 heterocycles. The van der Waals surface area contributed by atoms with Gasteiger partial charge in [0.2, 0.25) is 5.91 Å². The van der Waals surface area contributed by atoms with Crippen molar-refractivity contribution in [3.05, 3.63) is 41.3 Å². The predicted molar refractivity (Wildman–Crippen MR) is 89.6 cm³/mol. The number of nitrogens with zero attached hydrogens (tertiary/aromatic N) is 4. The molecule has 1 aliphatic rings. The molecule has 1 unspecified atom stereocenters. The fourth-order valence-electron chi connectivity index (χ4n) is 2.98. The summed E-state index contributed by atoms with van der Waals surface area (Å²) in [6.07, 6.45) is 7.12. The minimum Gasteiger partial charge on any atom is -0.373 e. The quantitative estimate of drug-likeness (QED) is 0.933. The molecule has 1 fully saturated rings. The molecule has 1 saturated heterocycles. The Bertz CT molecular complexity index is 687. The molecule has 1 N–H and O–H groups in total. The normalized spacial score (nSPS) is 18.0. The number of hydrogen-bond donors (Lipinski definition) is 1. The van der Waals surface area contributed by atoms with Gasteiger partial charge in [-0.2, -0.15) is 5.10 Å². The number of hydrogen-bond acceptors (Lipinski definition) is 4. The Morgan fingerprint density at radius 2 is 2.39 bits per heavy atom. The van der Waals surface area contributed by atoms with Crippen LogP contribution in [0.3, 0.4) is 0 Å². The number of rotatable bonds is 4. The molecule has 6 nitrogen and oxygen atoms in total. The van der Waals surface area contributed by atoms with E-state index in [-0.39, 0.29) is 12.5 Å². The molecule has 1 aliphatic heterocycles. The summed E-state index contributed by atoms with van der Waals surface area (Å²) in [5.41, 5.74) is 1.23. The molecule has 0 aliphatic carbocycles. The largest absolute Gasteiger partial charge is 0.373 e. The second-order valence-electron chi connectivity index (χ2n) is 5.76. The second kappa shape index (κ2) is 7.00. The molecule has 0 spiro atoms. The van der Waals surface area contributed by atoms with E-state index in [2.05, 4.69) is 21.5 Å². The molecule has 23 heavy (non-hydrogen) atoms. The Balaban J connectivity index is 1.66. The first-order valence-electron chi connectivity index (χ1n) is 7.75. The fraction of sp³-hybridized carbons (Fsp3) is 0.438. The van der Waals surface area contributed by atoms with Gasteiger partial charge in [0.1, 0.15) is 12.4 Å². The number of halogens is 1. The molecule has 2 aromatic heterocycles. The van der Waals surface area contributed by atoms with Gasteiger partial charge in [-0.15, -0.1) is 0 Å². The molecule has 2 aromatic rings. The molecule has 7 heteroatoms. The number of likely N-dealkylation sites (tertiary alicyclic amines) is 1. The van der Waals surface area contributed by atoms with Crippen molar-refractivity contribution in [1.82, 2.24) is 19.7 Å². The lowest BCUT2D eigenvalue weighted by Crippen LogP contribution is -2.40. The highest BCUT2D eigenvalue weighted by molar-refractivity contribution is 6.30. The van der Waals surface area contributed by atoms with E-state index in [1.165, 1.54) is 5.56 Å². The van der Waals surface area contributed by atoms with Crippen LogP contribution in [0, 0.1) is 0 Å². The Labute approximate surface area is 140 Å². The van der Waals surface area contributed by atoms with Crippen LogP contribution in [0.15, 0.2) is 30.7 Å². The second-order valence-corrected chi connectivity index (χ2v) is 6.20. The Morgan fingerprint density at radius 1 is 1.52 bits per heavy atom. The smallest absolute Gasteiger partial charge is 0.244 e. The zero-order valence-corrected chi connectivity index (χ0v) is 13.8. The van der Waals surface area contributed by atoms with Crippen molar-refractivity contribution in [2.75, 3.05) is 25.5 Å². The lowest BCUT2D eigenvalue weighted by molar-refractivity contribution is -0.133. The van der Waals surface area contributed by atoms with Crippen molar-refractivity contribution in [3.8, 4) is 0 Å². The van der Waals surface area contributed by atoms with Crippen molar-refractivity contribution >= 4 is 23.3 Å². The lowest BCUT2D eigenvalue weighted by Gasteiger charge is -2.33. The van der Waals surface area contributed by atoms with Crippen LogP contribution < -0.4 is 5.32 Å². The van der Waals surface area contributed by atoms with E-state index in [4.69, 9.17) is 11.6 Å². The van der Waals surface area contributed by atoms with E-state index < -0.39 is 0 Å². The van der Waals surface area contributed by atoms with Gasteiger partial charge in [-0.05, 0) is 30.5 Å². The molecular weight excluding hydrogens is 314 g/mol. The molecule has 0 aromatic carbocycles. The number of piperidine rings is 1. The minimum atomic E-state index is 0.0809. The third-order valence-corrected chi connectivity index (χ3v) is 4.38. The summed E-state index contributed by atoms with van der Waals surface area (Å²) in [4.78, 5) is 18.6. The highest BCUT2D eigenvalue weighted by Gasteiger charge is 2.25. The maximum atomic E-state index is 12.5. The number of aromatic nitrogens is 3. The van der Waals surface area contributed by atoms with E-state index in [0.717, 1.165) is 31.7 Å². The highest BCUT2D eigenvalue weighted by Crippen LogP contribution is 2.28. The van der Waals surface area contributed by atoms with Gasteiger partial charge in [0.25, 0.3) is 0 Å². The number of carbonyl (C=O) groups excluding carboxylic acids is 1. The van der Waals surface area contributed by atoms with Crippen LogP contribution in [-0.4, -0.2) is 45.7 Å². The van der Waals surface area contributed by atoms with E-state index in [1.54, 1.807) is 17.1 Å². The van der Waals surface area contributed by atoms with E-state index in [9.17, 15) is 4.79 Å². The van der Waals surface area contributed by atoms with Gasteiger partial charge >= 0.3 is 0 Å². The van der Waals surface area contributed by atoms with Gasteiger partial charge in [0.15, 0.2) is 0 Å². The number of anilines is 1. The maximum Gasteiger partial charge on any atom is 0.244 e. The SMILES string of the molecule is CNc1cc(C2CCCN(C(=O)Cn3cc(Cl)cn3)C2)ccn1. The first-order valence-corrected chi connectivity index (χ1v) is 8.13. The van der Waals surface area contributed by atoms with Crippen LogP contribution in [0.5, 0.6) is 0 Å². The highest BCUT2D eigenvalue weighted by atomic mass is 35.5. The summed E-state index contributed by atoms with van der Waals surface area (Å²) in [7, 11) is 1.86. The average Bonchev–Trinajstić information content (AvgIpc) is 3.00. The first kappa shape index (κ1) is 15.8. The topological polar surface area (TPSA) is 63.1 Å². The molecule has 1 atom stereocenters. The van der Waals surface area contributed by atoms with Crippen LogP contribution in [-0.2, 0) is 11.3 Å². The first-order chi connectivity index (χ1) is 11.2. The zero-order valence-electron chi connectivity index (χ0n) is 13.1. The summed E-state index contributed by atoms with van der Waals surface area (Å²) in [5, 5.41) is 7.68. The lowest BCUT2D eigenvalue weighted by atomic mass is 9.91. The predicted octanol–water partition coefficient (Wildman–Crippen LogP) is 2.38. The Morgan fingerprint density at radius 3 is 3.13 bits per heavy atom. The van der Waals surface area contributed by atoms with E-state index in [0.29, 0.717) is 10.9 Å². The number of amides is 1. The summed E-state index contributed by atoms with van der Waals surface area (Å²) in [6.45, 7) is 1.77. The summed E-state index contributed by atoms with van der Waals surface area (Å²) in [6, 6.07) is 4.10. The minimum absolute atomic E-state index is 0.0809. The average molecular weight is 334 g/mol. The molecular formula is C16H20ClN5O. The van der Waals surface area contributed by atoms with Gasteiger partial charge in [-0.1, -0.05) is 11.6 Å². The van der Waals surface area contributed by atoms with Gasteiger partial charge in [-0.3, -0.25) is 9.48 Å². The van der Waals surface area contributed by atoms with Crippen molar-refractivity contribution in [2.45, 2.75) is 25.3 Å². The van der Waals surface area contributed by atoms with Crippen LogP contribution in [0.25, 0.3) is 0 Å². The molecule has 3 rings (SSSR count). The van der Waals surface area contributed by atoms with Crippen LogP contribution in [0.2, 0.25) is 5.02 Å². The van der Waals surface area contributed by atoms with Gasteiger partial charge in [0, 0.05) is 38.4 Å². The molecule has 0 saturated carbocycles. The summed E-state index contributed by atoms with van der Waals surface area (Å²) in [5.74, 6) is 1.29. The van der Waals surface area contributed by atoms with Gasteiger partial charge in [0.05, 0.1) is 11.2 Å². The number of nitrogens with one attached hydrogen (secondary N) is 1. The Hall–Kier alpha value is -2.08. The molecule has 0 radical (unpaired) electrons. The summed E-state index contributed by atoms with van der Waals surface area (Å²) >= 11 is 5.84. The van der Waals surface area contributed by atoms with Crippen molar-refractivity contribution in [1.29, 1.82) is 0 Å². The van der Waals surface area contributed by atoms with E-state index >= 15 is 0 Å². The van der Waals surface area contributed by atoms with Crippen molar-refractivity contribution < 1.29 is 4.79 Å². The monoisotopic (exact) mass is 333 g/mol. The van der Waals surface area contributed by atoms with Gasteiger partial charge < -0.3 is 10.2 Å². The summed E-state index contributed by atoms with van der Waals surface area (Å²) < 4.78 is 1.58. The third-order valence-electron chi connectivity index (χ3n) is 4.18. The number of pyridine rings is 1. The van der Waals surface area contributed by atoms with Crippen LogP contribution in [0.4, 0.5) is 5.82 Å². The molecule has 0 bridgehead atoms. The molecule has 1 amide bonds. The Kier molecular flexibility index (Phi) is 4.81. The standard InChI is InChI=1S/C16H20ClN5O/c1-18-15-7-12(4-5-19-15)13-3-2-6-21(9-13)16(23)11-22-10-14(17)8-20-22/h4-5,7-8,10,13H,2-3,6,9,11H2,1H3,(H,18,19). The van der Waals surface area contributed by atoms with Crippen molar-refractivity contribution in [3.63, 3.8) is 0 Å². The fourth-order valence-corrected chi connectivity index (χ4v) is 3.13. The van der Waals surface area contributed by atoms with Crippen LogP contribution >= 0.6 is 11.6 Å². The maximum absolute atomic E-state index is 12.5. The third kappa shape index (κ3) is 3.82. The van der Waals surface area contributed by atoms with Crippen LogP contribution in [0.1, 0.15) is 24.3 Å². The van der Waals surface area contributed by atoms with Crippen molar-refractivity contribution in [2.24, 2.45) is 0 Å².